The normalized spacial score (nSPS) is 10.0. The number of hydrogen-bond donors (Lipinski definition) is 0. The lowest BCUT2D eigenvalue weighted by Gasteiger charge is -2.09. The molecule has 7 heteroatoms. The van der Waals surface area contributed by atoms with Gasteiger partial charge in [0.2, 0.25) is 5.88 Å². The Morgan fingerprint density at radius 2 is 2.09 bits per heavy atom. The lowest BCUT2D eigenvalue weighted by Crippen LogP contribution is -2.07. The summed E-state index contributed by atoms with van der Waals surface area (Å²) in [5.41, 5.74) is 1.00. The Labute approximate surface area is 143 Å². The van der Waals surface area contributed by atoms with Gasteiger partial charge in [0.1, 0.15) is 10.9 Å². The van der Waals surface area contributed by atoms with Gasteiger partial charge in [0.05, 0.1) is 29.7 Å². The van der Waals surface area contributed by atoms with Crippen molar-refractivity contribution < 1.29 is 14.3 Å². The molecule has 1 heterocycles. The van der Waals surface area contributed by atoms with Crippen molar-refractivity contribution in [2.24, 2.45) is 0 Å². The number of rotatable bonds is 5. The first-order valence-corrected chi connectivity index (χ1v) is 7.47. The summed E-state index contributed by atoms with van der Waals surface area (Å²) in [4.78, 5) is 15.5. The van der Waals surface area contributed by atoms with Crippen LogP contribution in [0.15, 0.2) is 30.3 Å². The monoisotopic (exact) mass is 350 g/mol. The van der Waals surface area contributed by atoms with Gasteiger partial charge in [-0.2, -0.15) is 5.26 Å². The van der Waals surface area contributed by atoms with Crippen molar-refractivity contribution in [2.45, 2.75) is 13.3 Å². The molecule has 0 amide bonds. The van der Waals surface area contributed by atoms with E-state index in [2.05, 4.69) is 4.98 Å². The maximum atomic E-state index is 11.5. The highest BCUT2D eigenvalue weighted by molar-refractivity contribution is 6.32. The van der Waals surface area contributed by atoms with Gasteiger partial charge in [0.25, 0.3) is 0 Å². The Morgan fingerprint density at radius 1 is 1.30 bits per heavy atom. The molecule has 0 saturated heterocycles. The molecule has 2 rings (SSSR count). The Balaban J connectivity index is 2.24. The Kier molecular flexibility index (Phi) is 5.80. The number of ether oxygens (including phenoxy) is 2. The van der Waals surface area contributed by atoms with Crippen molar-refractivity contribution in [1.82, 2.24) is 4.98 Å². The first-order chi connectivity index (χ1) is 11.0. The third-order valence-corrected chi connectivity index (χ3v) is 3.27. The molecule has 0 radical (unpaired) electrons. The largest absolute Gasteiger partial charge is 0.466 e. The molecule has 1 aromatic heterocycles. The van der Waals surface area contributed by atoms with Crippen LogP contribution in [0.3, 0.4) is 0 Å². The quantitative estimate of drug-likeness (QED) is 0.597. The maximum absolute atomic E-state index is 11.5. The minimum atomic E-state index is -0.339. The van der Waals surface area contributed by atoms with E-state index in [1.54, 1.807) is 25.1 Å². The fourth-order valence-corrected chi connectivity index (χ4v) is 2.17. The second-order valence-electron chi connectivity index (χ2n) is 4.48. The molecule has 0 N–H and O–H groups in total. The van der Waals surface area contributed by atoms with Crippen LogP contribution in [0.5, 0.6) is 11.6 Å². The molecule has 0 fully saturated rings. The molecule has 1 aromatic carbocycles. The number of carbonyl (C=O) groups is 1. The zero-order chi connectivity index (χ0) is 16.8. The van der Waals surface area contributed by atoms with Crippen LogP contribution in [0.1, 0.15) is 18.1 Å². The lowest BCUT2D eigenvalue weighted by molar-refractivity contribution is -0.142. The summed E-state index contributed by atoms with van der Waals surface area (Å²) in [7, 11) is 0. The van der Waals surface area contributed by atoms with Crippen LogP contribution in [-0.4, -0.2) is 17.6 Å². The number of benzene rings is 1. The molecule has 118 valence electrons. The highest BCUT2D eigenvalue weighted by Crippen LogP contribution is 2.30. The molecule has 0 atom stereocenters. The van der Waals surface area contributed by atoms with Crippen LogP contribution in [0.2, 0.25) is 10.2 Å². The molecule has 0 unspecified atom stereocenters. The van der Waals surface area contributed by atoms with Crippen molar-refractivity contribution in [1.29, 1.82) is 5.26 Å². The second-order valence-corrected chi connectivity index (χ2v) is 5.27. The zero-order valence-corrected chi connectivity index (χ0v) is 13.7. The highest BCUT2D eigenvalue weighted by atomic mass is 35.5. The zero-order valence-electron chi connectivity index (χ0n) is 12.2. The number of carbonyl (C=O) groups excluding carboxylic acids is 1. The second kappa shape index (κ2) is 7.82. The van der Waals surface area contributed by atoms with Crippen molar-refractivity contribution in [3.8, 4) is 17.7 Å². The van der Waals surface area contributed by atoms with Crippen LogP contribution >= 0.6 is 23.2 Å². The van der Waals surface area contributed by atoms with Gasteiger partial charge in [-0.25, -0.2) is 4.98 Å². The summed E-state index contributed by atoms with van der Waals surface area (Å²) in [5.74, 6) is 0.116. The van der Waals surface area contributed by atoms with Crippen LogP contribution in [-0.2, 0) is 16.0 Å². The van der Waals surface area contributed by atoms with E-state index in [1.807, 2.05) is 6.07 Å². The number of halogens is 2. The Morgan fingerprint density at radius 3 is 2.78 bits per heavy atom. The van der Waals surface area contributed by atoms with Crippen molar-refractivity contribution in [2.75, 3.05) is 6.61 Å². The summed E-state index contributed by atoms with van der Waals surface area (Å²) in [5, 5.41) is 9.41. The fraction of sp³-hybridized carbons (Fsp3) is 0.188. The van der Waals surface area contributed by atoms with Gasteiger partial charge in [-0.1, -0.05) is 29.3 Å². The van der Waals surface area contributed by atoms with E-state index >= 15 is 0 Å². The van der Waals surface area contributed by atoms with E-state index in [4.69, 9.17) is 37.9 Å². The SMILES string of the molecule is CCOC(=O)Cc1ccc(Cl)c(Oc2cc(C#N)cc(Cl)n2)c1. The number of nitriles is 1. The van der Waals surface area contributed by atoms with Crippen molar-refractivity contribution >= 4 is 29.2 Å². The minimum absolute atomic E-state index is 0.105. The number of esters is 1. The molecule has 0 spiro atoms. The van der Waals surface area contributed by atoms with Crippen LogP contribution < -0.4 is 4.74 Å². The molecule has 0 aliphatic heterocycles. The lowest BCUT2D eigenvalue weighted by atomic mass is 10.1. The van der Waals surface area contributed by atoms with Crippen LogP contribution in [0.4, 0.5) is 0 Å². The molecular weight excluding hydrogens is 339 g/mol. The van der Waals surface area contributed by atoms with E-state index in [0.717, 1.165) is 0 Å². The predicted octanol–water partition coefficient (Wildman–Crippen LogP) is 4.16. The average Bonchev–Trinajstić information content (AvgIpc) is 2.50. The molecule has 0 aliphatic carbocycles. The predicted molar refractivity (Wildman–Crippen MR) is 85.8 cm³/mol. The van der Waals surface area contributed by atoms with E-state index in [-0.39, 0.29) is 23.4 Å². The number of nitrogens with zero attached hydrogens (tertiary/aromatic N) is 2. The highest BCUT2D eigenvalue weighted by Gasteiger charge is 2.10. The maximum Gasteiger partial charge on any atom is 0.310 e. The standard InChI is InChI=1S/C16H12Cl2N2O3/c1-2-22-16(21)8-10-3-4-12(17)13(5-10)23-15-7-11(9-19)6-14(18)20-15/h3-7H,2,8H2,1H3. The summed E-state index contributed by atoms with van der Waals surface area (Å²) in [6.45, 7) is 2.06. The Hall–Kier alpha value is -2.29. The summed E-state index contributed by atoms with van der Waals surface area (Å²) in [6.07, 6.45) is 0.105. The van der Waals surface area contributed by atoms with Gasteiger partial charge in [-0.3, -0.25) is 4.79 Å². The number of pyridine rings is 1. The first kappa shape index (κ1) is 17.1. The molecule has 23 heavy (non-hydrogen) atoms. The van der Waals surface area contributed by atoms with Gasteiger partial charge >= 0.3 is 5.97 Å². The molecule has 2 aromatic rings. The first-order valence-electron chi connectivity index (χ1n) is 6.71. The molecule has 5 nitrogen and oxygen atoms in total. The van der Waals surface area contributed by atoms with Gasteiger partial charge < -0.3 is 9.47 Å². The van der Waals surface area contributed by atoms with Gasteiger partial charge in [-0.15, -0.1) is 0 Å². The summed E-state index contributed by atoms with van der Waals surface area (Å²) in [6, 6.07) is 9.77. The summed E-state index contributed by atoms with van der Waals surface area (Å²) >= 11 is 11.9. The van der Waals surface area contributed by atoms with Gasteiger partial charge in [0, 0.05) is 6.07 Å². The minimum Gasteiger partial charge on any atom is -0.466 e. The van der Waals surface area contributed by atoms with Gasteiger partial charge in [-0.05, 0) is 30.7 Å². The van der Waals surface area contributed by atoms with E-state index < -0.39 is 0 Å². The topological polar surface area (TPSA) is 72.2 Å². The molecule has 0 aliphatic rings. The van der Waals surface area contributed by atoms with E-state index in [9.17, 15) is 4.79 Å². The smallest absolute Gasteiger partial charge is 0.310 e. The van der Waals surface area contributed by atoms with Crippen LogP contribution in [0, 0.1) is 11.3 Å². The number of aromatic nitrogens is 1. The third-order valence-electron chi connectivity index (χ3n) is 2.76. The van der Waals surface area contributed by atoms with E-state index in [0.29, 0.717) is 28.5 Å². The van der Waals surface area contributed by atoms with Crippen molar-refractivity contribution in [3.63, 3.8) is 0 Å². The molecule has 0 saturated carbocycles. The third kappa shape index (κ3) is 4.85. The fourth-order valence-electron chi connectivity index (χ4n) is 1.82. The molecular formula is C16H12Cl2N2O3. The Bertz CT molecular complexity index is 772. The van der Waals surface area contributed by atoms with Gasteiger partial charge in [0.15, 0.2) is 0 Å². The molecule has 0 bridgehead atoms. The average molecular weight is 351 g/mol. The van der Waals surface area contributed by atoms with E-state index in [1.165, 1.54) is 12.1 Å². The van der Waals surface area contributed by atoms with Crippen molar-refractivity contribution in [3.05, 3.63) is 51.6 Å². The summed E-state index contributed by atoms with van der Waals surface area (Å²) < 4.78 is 10.5. The number of hydrogen-bond acceptors (Lipinski definition) is 5. The van der Waals surface area contributed by atoms with Crippen LogP contribution in [0.25, 0.3) is 0 Å².